The van der Waals surface area contributed by atoms with Crippen LogP contribution in [-0.2, 0) is 20.7 Å². The third kappa shape index (κ3) is 5.89. The van der Waals surface area contributed by atoms with Gasteiger partial charge in [-0.2, -0.15) is 35.8 Å². The lowest BCUT2D eigenvalue weighted by molar-refractivity contribution is -0.169. The monoisotopic (exact) mass is 563 g/mol. The maximum atomic E-state index is 12.9. The van der Waals surface area contributed by atoms with Gasteiger partial charge >= 0.3 is 18.3 Å². The van der Waals surface area contributed by atoms with Crippen LogP contribution >= 0.6 is 0 Å². The van der Waals surface area contributed by atoms with Crippen LogP contribution in [0.25, 0.3) is 10.9 Å². The molecule has 1 N–H and O–H groups in total. The Labute approximate surface area is 211 Å². The van der Waals surface area contributed by atoms with Crippen LogP contribution in [0.2, 0.25) is 0 Å². The zero-order chi connectivity index (χ0) is 27.9. The quantitative estimate of drug-likeness (QED) is 0.464. The Bertz CT molecular complexity index is 1510. The highest BCUT2D eigenvalue weighted by atomic mass is 32.2. The Kier molecular flexibility index (Phi) is 7.11. The molecular formula is C22H19F6N5O4S. The normalized spacial score (nSPS) is 20.2. The molecule has 1 aliphatic rings. The summed E-state index contributed by atoms with van der Waals surface area (Å²) in [7, 11) is -2.02. The van der Waals surface area contributed by atoms with E-state index in [1.165, 1.54) is 23.9 Å². The predicted octanol–water partition coefficient (Wildman–Crippen LogP) is 4.60. The molecule has 0 atom stereocenters. The number of methoxy groups -OCH3 is 1. The summed E-state index contributed by atoms with van der Waals surface area (Å²) in [6, 6.07) is 5.57. The molecule has 38 heavy (non-hydrogen) atoms. The molecule has 0 spiro atoms. The van der Waals surface area contributed by atoms with E-state index in [1.807, 2.05) is 0 Å². The van der Waals surface area contributed by atoms with Crippen LogP contribution in [0.3, 0.4) is 0 Å². The molecule has 3 aromatic rings. The molecule has 1 aliphatic heterocycles. The average molecular weight is 563 g/mol. The van der Waals surface area contributed by atoms with E-state index < -0.39 is 45.3 Å². The van der Waals surface area contributed by atoms with E-state index >= 15 is 0 Å². The van der Waals surface area contributed by atoms with Crippen LogP contribution in [-0.4, -0.2) is 55.6 Å². The summed E-state index contributed by atoms with van der Waals surface area (Å²) in [5.74, 6) is -3.54. The number of benzene rings is 1. The van der Waals surface area contributed by atoms with Crippen molar-refractivity contribution in [2.45, 2.75) is 31.2 Å². The largest absolute Gasteiger partial charge is 0.494 e. The second-order valence-electron chi connectivity index (χ2n) is 8.39. The first-order valence-electron chi connectivity index (χ1n) is 10.9. The number of nitrogens with one attached hydrogen (secondary N) is 1. The summed E-state index contributed by atoms with van der Waals surface area (Å²) in [5, 5.41) is 7.41. The molecular weight excluding hydrogens is 544 g/mol. The predicted molar refractivity (Wildman–Crippen MR) is 123 cm³/mol. The number of ether oxygens (including phenoxy) is 1. The van der Waals surface area contributed by atoms with Crippen molar-refractivity contribution in [3.63, 3.8) is 0 Å². The van der Waals surface area contributed by atoms with Crippen LogP contribution in [0.15, 0.2) is 40.9 Å². The van der Waals surface area contributed by atoms with Crippen molar-refractivity contribution in [2.24, 2.45) is 4.36 Å². The van der Waals surface area contributed by atoms with Gasteiger partial charge in [0.15, 0.2) is 0 Å². The average Bonchev–Trinajstić information content (AvgIpc) is 3.25. The first kappa shape index (κ1) is 27.3. The minimum Gasteiger partial charge on any atom is -0.494 e. The maximum absolute atomic E-state index is 12.9. The van der Waals surface area contributed by atoms with E-state index in [2.05, 4.69) is 19.8 Å². The van der Waals surface area contributed by atoms with Crippen molar-refractivity contribution in [3.8, 4) is 5.75 Å². The number of pyridine rings is 1. The second-order valence-corrected chi connectivity index (χ2v) is 10.9. The van der Waals surface area contributed by atoms with Crippen LogP contribution in [0.1, 0.15) is 35.1 Å². The number of carbonyl (C=O) groups is 2. The summed E-state index contributed by atoms with van der Waals surface area (Å²) in [4.78, 5) is 27.1. The lowest BCUT2D eigenvalue weighted by Crippen LogP contribution is -2.29. The highest BCUT2D eigenvalue weighted by Gasteiger charge is 2.40. The number of hydrogen-bond acceptors (Lipinski definition) is 6. The van der Waals surface area contributed by atoms with Crippen molar-refractivity contribution in [1.82, 2.24) is 14.8 Å². The molecule has 204 valence electrons. The Morgan fingerprint density at radius 2 is 1.82 bits per heavy atom. The fraction of sp³-hybridized carbons (Fsp3) is 0.364. The Balaban J connectivity index is 1.55. The molecule has 0 bridgehead atoms. The minimum absolute atomic E-state index is 0.139. The van der Waals surface area contributed by atoms with Gasteiger partial charge in [0.2, 0.25) is 0 Å². The number of rotatable bonds is 4. The zero-order valence-electron chi connectivity index (χ0n) is 19.5. The number of aromatic nitrogens is 3. The van der Waals surface area contributed by atoms with E-state index in [0.717, 1.165) is 18.2 Å². The van der Waals surface area contributed by atoms with Crippen LogP contribution in [0.5, 0.6) is 5.75 Å². The number of amides is 2. The minimum atomic E-state index is -5.19. The van der Waals surface area contributed by atoms with Gasteiger partial charge in [0.25, 0.3) is 5.91 Å². The number of alkyl halides is 6. The third-order valence-corrected chi connectivity index (χ3v) is 8.02. The molecule has 0 aliphatic carbocycles. The third-order valence-electron chi connectivity index (χ3n) is 5.77. The van der Waals surface area contributed by atoms with Gasteiger partial charge in [0.05, 0.1) is 34.1 Å². The molecule has 9 nitrogen and oxygen atoms in total. The molecule has 1 fully saturated rings. The summed E-state index contributed by atoms with van der Waals surface area (Å²) >= 11 is 0. The van der Waals surface area contributed by atoms with Gasteiger partial charge in [-0.3, -0.25) is 14.3 Å². The van der Waals surface area contributed by atoms with Crippen LogP contribution in [0.4, 0.5) is 32.0 Å². The van der Waals surface area contributed by atoms with E-state index in [1.54, 1.807) is 6.20 Å². The van der Waals surface area contributed by atoms with Gasteiger partial charge in [-0.1, -0.05) is 6.07 Å². The molecule has 16 heteroatoms. The first-order chi connectivity index (χ1) is 17.7. The summed E-state index contributed by atoms with van der Waals surface area (Å²) < 4.78 is 98.7. The standard InChI is InChI=1S/C22H19F6N5O4S/c1-37-17-10-15-12(9-16(17)30-19(34)14-3-2-4-18(29-14)21(23,24)25)11-33(31-15)13-5-7-38(36,8-6-13)32-20(35)22(26,27)28/h2-4,9-11,13H,5-8H2,1H3,(H,30,34). The molecule has 1 aromatic carbocycles. The summed E-state index contributed by atoms with van der Waals surface area (Å²) in [5.41, 5.74) is -1.11. The number of halogens is 6. The van der Waals surface area contributed by atoms with Gasteiger partial charge in [-0.05, 0) is 31.0 Å². The summed E-state index contributed by atoms with van der Waals surface area (Å²) in [6.45, 7) is 0. The van der Waals surface area contributed by atoms with Gasteiger partial charge in [0, 0.05) is 29.2 Å². The van der Waals surface area contributed by atoms with Crippen molar-refractivity contribution in [1.29, 1.82) is 0 Å². The number of hydrogen-bond donors (Lipinski definition) is 1. The van der Waals surface area contributed by atoms with Gasteiger partial charge in [-0.25, -0.2) is 9.19 Å². The van der Waals surface area contributed by atoms with Crippen molar-refractivity contribution in [3.05, 3.63) is 47.9 Å². The van der Waals surface area contributed by atoms with E-state index in [4.69, 9.17) is 4.74 Å². The maximum Gasteiger partial charge on any atom is 0.474 e. The molecule has 3 heterocycles. The van der Waals surface area contributed by atoms with Crippen LogP contribution < -0.4 is 10.1 Å². The van der Waals surface area contributed by atoms with Crippen molar-refractivity contribution < 1.29 is 44.9 Å². The molecule has 2 amide bonds. The van der Waals surface area contributed by atoms with Gasteiger partial charge in [0.1, 0.15) is 17.1 Å². The molecule has 0 radical (unpaired) electrons. The van der Waals surface area contributed by atoms with Gasteiger partial charge < -0.3 is 10.1 Å². The SMILES string of the molecule is COc1cc2nn(C3CCS(=O)(=NC(=O)C(F)(F)F)CC3)cc2cc1NC(=O)c1cccc(C(F)(F)F)n1. The lowest BCUT2D eigenvalue weighted by atomic mass is 10.1. The Morgan fingerprint density at radius 3 is 2.42 bits per heavy atom. The second kappa shape index (κ2) is 9.89. The van der Waals surface area contributed by atoms with E-state index in [9.17, 15) is 40.1 Å². The number of nitrogens with zero attached hydrogens (tertiary/aromatic N) is 4. The van der Waals surface area contributed by atoms with Crippen molar-refractivity contribution >= 4 is 38.1 Å². The van der Waals surface area contributed by atoms with Crippen LogP contribution in [0, 0.1) is 0 Å². The first-order valence-corrected chi connectivity index (χ1v) is 12.8. The highest BCUT2D eigenvalue weighted by molar-refractivity contribution is 7.93. The fourth-order valence-electron chi connectivity index (χ4n) is 3.88. The molecule has 1 saturated heterocycles. The Morgan fingerprint density at radius 1 is 1.13 bits per heavy atom. The zero-order valence-corrected chi connectivity index (χ0v) is 20.3. The molecule has 4 rings (SSSR count). The number of anilines is 1. The smallest absolute Gasteiger partial charge is 0.474 e. The van der Waals surface area contributed by atoms with Gasteiger partial charge in [-0.15, -0.1) is 0 Å². The fourth-order valence-corrected chi connectivity index (χ4v) is 5.95. The van der Waals surface area contributed by atoms with E-state index in [0.29, 0.717) is 10.9 Å². The topological polar surface area (TPSA) is 116 Å². The van der Waals surface area contributed by atoms with Crippen molar-refractivity contribution in [2.75, 3.05) is 23.9 Å². The molecule has 2 aromatic heterocycles. The number of carbonyl (C=O) groups excluding carboxylic acids is 2. The summed E-state index contributed by atoms with van der Waals surface area (Å²) in [6.07, 6.45) is -8.00. The Hall–Kier alpha value is -3.69. The number of fused-ring (bicyclic) bond motifs is 1. The highest BCUT2D eigenvalue weighted by Crippen LogP contribution is 2.33. The lowest BCUT2D eigenvalue weighted by Gasteiger charge is -2.24. The molecule has 0 unspecified atom stereocenters. The molecule has 0 saturated carbocycles. The van der Waals surface area contributed by atoms with E-state index in [-0.39, 0.29) is 41.8 Å².